The van der Waals surface area contributed by atoms with Crippen LogP contribution in [0, 0.1) is 5.92 Å². The maximum Gasteiger partial charge on any atom is 0.274 e. The zero-order chi connectivity index (χ0) is 15.6. The largest absolute Gasteiger partial charge is 0.381 e. The Morgan fingerprint density at radius 1 is 1.13 bits per heavy atom. The topological polar surface area (TPSA) is 58.6 Å². The summed E-state index contributed by atoms with van der Waals surface area (Å²) in [5, 5.41) is 0. The summed E-state index contributed by atoms with van der Waals surface area (Å²) >= 11 is 0. The lowest BCUT2D eigenvalue weighted by molar-refractivity contribution is 0.0502. The zero-order valence-corrected chi connectivity index (χ0v) is 13.4. The smallest absolute Gasteiger partial charge is 0.274 e. The Morgan fingerprint density at radius 2 is 1.96 bits per heavy atom. The van der Waals surface area contributed by atoms with Crippen LogP contribution in [0.2, 0.25) is 0 Å². The third-order valence-corrected chi connectivity index (χ3v) is 5.57. The number of carbonyl (C=O) groups is 1. The fourth-order valence-corrected chi connectivity index (χ4v) is 4.37. The second kappa shape index (κ2) is 6.53. The number of hydrogen-bond acceptors (Lipinski definition) is 5. The number of amides is 1. The third kappa shape index (κ3) is 2.97. The number of aromatic nitrogens is 2. The van der Waals surface area contributed by atoms with Gasteiger partial charge in [-0.3, -0.25) is 14.7 Å². The van der Waals surface area contributed by atoms with Gasteiger partial charge < -0.3 is 9.64 Å². The molecule has 0 bridgehead atoms. The predicted molar refractivity (Wildman–Crippen MR) is 85.0 cm³/mol. The standard InChI is InChI=1S/C17H24N4O2/c22-17(14-11-18-5-6-19-14)21-8-2-15-16(21)1-7-20(15)12-13-3-9-23-10-4-13/h5-6,11,13,15-16H,1-4,7-10,12H2/t15-,16-/m0/s1. The van der Waals surface area contributed by atoms with E-state index in [4.69, 9.17) is 4.74 Å². The molecular weight excluding hydrogens is 292 g/mol. The molecule has 23 heavy (non-hydrogen) atoms. The summed E-state index contributed by atoms with van der Waals surface area (Å²) in [6, 6.07) is 0.878. The van der Waals surface area contributed by atoms with E-state index in [0.717, 1.165) is 51.6 Å². The van der Waals surface area contributed by atoms with Crippen molar-refractivity contribution in [3.8, 4) is 0 Å². The van der Waals surface area contributed by atoms with Crippen LogP contribution < -0.4 is 0 Å². The average molecular weight is 316 g/mol. The minimum atomic E-state index is 0.0403. The maximum atomic E-state index is 12.7. The highest BCUT2D eigenvalue weighted by atomic mass is 16.5. The maximum absolute atomic E-state index is 12.7. The normalized spacial score (nSPS) is 29.0. The van der Waals surface area contributed by atoms with E-state index in [9.17, 15) is 4.79 Å². The number of carbonyl (C=O) groups excluding carboxylic acids is 1. The van der Waals surface area contributed by atoms with Crippen LogP contribution in [0.4, 0.5) is 0 Å². The Kier molecular flexibility index (Phi) is 4.27. The molecular formula is C17H24N4O2. The lowest BCUT2D eigenvalue weighted by Gasteiger charge is -2.30. The number of hydrogen-bond donors (Lipinski definition) is 0. The van der Waals surface area contributed by atoms with Crippen molar-refractivity contribution in [2.75, 3.05) is 32.8 Å². The monoisotopic (exact) mass is 316 g/mol. The number of rotatable bonds is 3. The molecule has 0 N–H and O–H groups in total. The van der Waals surface area contributed by atoms with E-state index in [1.807, 2.05) is 4.90 Å². The molecule has 1 aromatic heterocycles. The van der Waals surface area contributed by atoms with Crippen molar-refractivity contribution in [2.45, 2.75) is 37.8 Å². The van der Waals surface area contributed by atoms with Gasteiger partial charge in [-0.2, -0.15) is 0 Å². The average Bonchev–Trinajstić information content (AvgIpc) is 3.19. The van der Waals surface area contributed by atoms with Gasteiger partial charge in [-0.15, -0.1) is 0 Å². The molecule has 1 amide bonds. The summed E-state index contributed by atoms with van der Waals surface area (Å²) in [6.07, 6.45) is 9.29. The summed E-state index contributed by atoms with van der Waals surface area (Å²) in [6.45, 7) is 4.93. The van der Waals surface area contributed by atoms with Crippen LogP contribution in [-0.2, 0) is 4.74 Å². The number of nitrogens with zero attached hydrogens (tertiary/aromatic N) is 4. The first-order valence-corrected chi connectivity index (χ1v) is 8.71. The van der Waals surface area contributed by atoms with Gasteiger partial charge in [-0.25, -0.2) is 4.98 Å². The van der Waals surface area contributed by atoms with Gasteiger partial charge >= 0.3 is 0 Å². The van der Waals surface area contributed by atoms with Gasteiger partial charge in [0.05, 0.1) is 6.20 Å². The summed E-state index contributed by atoms with van der Waals surface area (Å²) < 4.78 is 5.46. The fraction of sp³-hybridized carbons (Fsp3) is 0.706. The quantitative estimate of drug-likeness (QED) is 0.838. The molecule has 0 spiro atoms. The highest BCUT2D eigenvalue weighted by molar-refractivity contribution is 5.92. The summed E-state index contributed by atoms with van der Waals surface area (Å²) in [5.74, 6) is 0.797. The molecule has 0 aliphatic carbocycles. The summed E-state index contributed by atoms with van der Waals surface area (Å²) in [5.41, 5.74) is 0.469. The van der Waals surface area contributed by atoms with Gasteiger partial charge in [0.2, 0.25) is 0 Å². The third-order valence-electron chi connectivity index (χ3n) is 5.57. The molecule has 3 aliphatic rings. The van der Waals surface area contributed by atoms with Crippen LogP contribution in [0.25, 0.3) is 0 Å². The Morgan fingerprint density at radius 3 is 2.74 bits per heavy atom. The second-order valence-corrected chi connectivity index (χ2v) is 6.85. The Labute approximate surface area is 136 Å². The van der Waals surface area contributed by atoms with E-state index < -0.39 is 0 Å². The lowest BCUT2D eigenvalue weighted by Crippen LogP contribution is -2.41. The van der Waals surface area contributed by atoms with E-state index in [1.54, 1.807) is 18.6 Å². The second-order valence-electron chi connectivity index (χ2n) is 6.85. The van der Waals surface area contributed by atoms with Crippen LogP contribution in [0.15, 0.2) is 18.6 Å². The SMILES string of the molecule is O=C(c1cnccn1)N1CC[C@H]2[C@@H]1CCN2CC1CCOCC1. The molecule has 124 valence electrons. The minimum absolute atomic E-state index is 0.0403. The molecule has 0 radical (unpaired) electrons. The predicted octanol–water partition coefficient (Wildman–Crippen LogP) is 1.19. The van der Waals surface area contributed by atoms with Crippen molar-refractivity contribution in [1.29, 1.82) is 0 Å². The van der Waals surface area contributed by atoms with Crippen molar-refractivity contribution < 1.29 is 9.53 Å². The van der Waals surface area contributed by atoms with E-state index in [2.05, 4.69) is 14.9 Å². The molecule has 0 saturated carbocycles. The molecule has 6 nitrogen and oxygen atoms in total. The van der Waals surface area contributed by atoms with E-state index in [-0.39, 0.29) is 5.91 Å². The van der Waals surface area contributed by atoms with Crippen LogP contribution in [0.5, 0.6) is 0 Å². The number of likely N-dealkylation sites (tertiary alicyclic amines) is 2. The van der Waals surface area contributed by atoms with Gasteiger partial charge in [0.15, 0.2) is 0 Å². The van der Waals surface area contributed by atoms with Crippen molar-refractivity contribution >= 4 is 5.91 Å². The van der Waals surface area contributed by atoms with Gasteiger partial charge in [-0.05, 0) is 31.6 Å². The Hall–Kier alpha value is -1.53. The van der Waals surface area contributed by atoms with E-state index in [0.29, 0.717) is 17.8 Å². The molecule has 6 heteroatoms. The van der Waals surface area contributed by atoms with Crippen LogP contribution in [0.3, 0.4) is 0 Å². The van der Waals surface area contributed by atoms with Crippen molar-refractivity contribution in [3.63, 3.8) is 0 Å². The van der Waals surface area contributed by atoms with Gasteiger partial charge in [-0.1, -0.05) is 0 Å². The zero-order valence-electron chi connectivity index (χ0n) is 13.4. The Balaban J connectivity index is 1.40. The molecule has 3 fully saturated rings. The first kappa shape index (κ1) is 15.0. The highest BCUT2D eigenvalue weighted by Gasteiger charge is 2.45. The van der Waals surface area contributed by atoms with Gasteiger partial charge in [0.1, 0.15) is 5.69 Å². The van der Waals surface area contributed by atoms with Crippen LogP contribution >= 0.6 is 0 Å². The van der Waals surface area contributed by atoms with Gasteiger partial charge in [0.25, 0.3) is 5.91 Å². The molecule has 0 unspecified atom stereocenters. The van der Waals surface area contributed by atoms with Crippen molar-refractivity contribution in [1.82, 2.24) is 19.8 Å². The number of ether oxygens (including phenoxy) is 1. The molecule has 4 rings (SSSR count). The first-order chi connectivity index (χ1) is 11.3. The molecule has 4 heterocycles. The molecule has 3 aliphatic heterocycles. The summed E-state index contributed by atoms with van der Waals surface area (Å²) in [7, 11) is 0. The molecule has 2 atom stereocenters. The van der Waals surface area contributed by atoms with Crippen molar-refractivity contribution in [3.05, 3.63) is 24.3 Å². The molecule has 0 aromatic carbocycles. The Bertz CT molecular complexity index is 547. The first-order valence-electron chi connectivity index (χ1n) is 8.71. The fourth-order valence-electron chi connectivity index (χ4n) is 4.37. The van der Waals surface area contributed by atoms with E-state index >= 15 is 0 Å². The highest BCUT2D eigenvalue weighted by Crippen LogP contribution is 2.33. The summed E-state index contributed by atoms with van der Waals surface area (Å²) in [4.78, 5) is 25.5. The van der Waals surface area contributed by atoms with Crippen LogP contribution in [-0.4, -0.2) is 70.6 Å². The van der Waals surface area contributed by atoms with Crippen LogP contribution in [0.1, 0.15) is 36.2 Å². The van der Waals surface area contributed by atoms with Crippen molar-refractivity contribution in [2.24, 2.45) is 5.92 Å². The molecule has 3 saturated heterocycles. The number of fused-ring (bicyclic) bond motifs is 1. The minimum Gasteiger partial charge on any atom is -0.381 e. The lowest BCUT2D eigenvalue weighted by atomic mass is 9.99. The molecule has 1 aromatic rings. The van der Waals surface area contributed by atoms with E-state index in [1.165, 1.54) is 12.8 Å². The van der Waals surface area contributed by atoms with Gasteiger partial charge in [0, 0.05) is 57.3 Å².